The molecule has 32 heavy (non-hydrogen) atoms. The first-order valence-corrected chi connectivity index (χ1v) is 11.4. The van der Waals surface area contributed by atoms with E-state index in [1.165, 1.54) is 11.3 Å². The van der Waals surface area contributed by atoms with E-state index in [0.717, 1.165) is 0 Å². The number of carbonyl (C=O) groups is 3. The normalized spacial score (nSPS) is 14.0. The second kappa shape index (κ2) is 11.4. The topological polar surface area (TPSA) is 123 Å². The number of anilines is 1. The van der Waals surface area contributed by atoms with Crippen molar-refractivity contribution in [2.45, 2.75) is 26.7 Å². The Morgan fingerprint density at radius 2 is 1.84 bits per heavy atom. The summed E-state index contributed by atoms with van der Waals surface area (Å²) >= 11 is 1.26. The lowest BCUT2D eigenvalue weighted by molar-refractivity contribution is -0.133. The third-order valence-electron chi connectivity index (χ3n) is 5.01. The molecule has 0 saturated carbocycles. The predicted octanol–water partition coefficient (Wildman–Crippen LogP) is 1.94. The Morgan fingerprint density at radius 3 is 2.50 bits per heavy atom. The molecule has 0 radical (unpaired) electrons. The zero-order chi connectivity index (χ0) is 22.9. The fourth-order valence-electron chi connectivity index (χ4n) is 3.39. The number of rotatable bonds is 9. The molecule has 10 nitrogen and oxygen atoms in total. The van der Waals surface area contributed by atoms with Gasteiger partial charge in [-0.1, -0.05) is 11.3 Å². The first-order chi connectivity index (χ1) is 15.5. The van der Waals surface area contributed by atoms with Gasteiger partial charge >= 0.3 is 0 Å². The predicted molar refractivity (Wildman–Crippen MR) is 119 cm³/mol. The number of likely N-dealkylation sites (tertiary alicyclic amines) is 1. The summed E-state index contributed by atoms with van der Waals surface area (Å²) in [7, 11) is 0. The summed E-state index contributed by atoms with van der Waals surface area (Å²) in [4.78, 5) is 39.0. The van der Waals surface area contributed by atoms with Gasteiger partial charge in [0.25, 0.3) is 5.91 Å². The van der Waals surface area contributed by atoms with Crippen LogP contribution in [0.25, 0.3) is 0 Å². The minimum atomic E-state index is -0.367. The summed E-state index contributed by atoms with van der Waals surface area (Å²) in [6, 6.07) is 4.93. The molecule has 1 saturated heterocycles. The van der Waals surface area contributed by atoms with Crippen LogP contribution in [-0.4, -0.2) is 65.7 Å². The molecule has 1 fully saturated rings. The van der Waals surface area contributed by atoms with Crippen molar-refractivity contribution >= 4 is 34.2 Å². The zero-order valence-corrected chi connectivity index (χ0v) is 18.9. The van der Waals surface area contributed by atoms with Crippen LogP contribution >= 0.6 is 11.3 Å². The highest BCUT2D eigenvalue weighted by molar-refractivity contribution is 7.13. The van der Waals surface area contributed by atoms with Crippen LogP contribution in [0.2, 0.25) is 0 Å². The largest absolute Gasteiger partial charge is 0.490 e. The molecule has 172 valence electrons. The lowest BCUT2D eigenvalue weighted by Gasteiger charge is -2.31. The van der Waals surface area contributed by atoms with Gasteiger partial charge in [-0.15, -0.1) is 10.2 Å². The number of hydrogen-bond acceptors (Lipinski definition) is 8. The van der Waals surface area contributed by atoms with E-state index in [0.29, 0.717) is 61.3 Å². The van der Waals surface area contributed by atoms with Gasteiger partial charge in [0.05, 0.1) is 19.8 Å². The van der Waals surface area contributed by atoms with E-state index in [-0.39, 0.29) is 30.2 Å². The van der Waals surface area contributed by atoms with E-state index in [4.69, 9.17) is 9.47 Å². The maximum absolute atomic E-state index is 12.5. The first-order valence-electron chi connectivity index (χ1n) is 10.5. The molecule has 1 aliphatic heterocycles. The van der Waals surface area contributed by atoms with Crippen LogP contribution in [-0.2, 0) is 9.59 Å². The van der Waals surface area contributed by atoms with E-state index >= 15 is 0 Å². The Labute approximate surface area is 190 Å². The van der Waals surface area contributed by atoms with Gasteiger partial charge in [-0.25, -0.2) is 0 Å². The number of carbonyl (C=O) groups excluding carboxylic acids is 3. The molecule has 0 aliphatic carbocycles. The van der Waals surface area contributed by atoms with Gasteiger partial charge in [-0.2, -0.15) is 0 Å². The van der Waals surface area contributed by atoms with Crippen molar-refractivity contribution in [2.75, 3.05) is 38.2 Å². The molecule has 3 amide bonds. The maximum atomic E-state index is 12.5. The van der Waals surface area contributed by atoms with Crippen LogP contribution in [0, 0.1) is 5.92 Å². The molecule has 3 rings (SSSR count). The maximum Gasteiger partial charge on any atom is 0.251 e. The monoisotopic (exact) mass is 461 g/mol. The molecule has 2 aromatic rings. The van der Waals surface area contributed by atoms with E-state index in [2.05, 4.69) is 20.8 Å². The lowest BCUT2D eigenvalue weighted by Crippen LogP contribution is -2.45. The van der Waals surface area contributed by atoms with Gasteiger partial charge in [0.2, 0.25) is 16.9 Å². The number of amides is 3. The van der Waals surface area contributed by atoms with Gasteiger partial charge in [-0.05, 0) is 44.9 Å². The highest BCUT2D eigenvalue weighted by Crippen LogP contribution is 2.28. The van der Waals surface area contributed by atoms with Crippen LogP contribution in [0.15, 0.2) is 23.7 Å². The summed E-state index contributed by atoms with van der Waals surface area (Å²) in [5.41, 5.74) is 1.94. The zero-order valence-electron chi connectivity index (χ0n) is 18.1. The smallest absolute Gasteiger partial charge is 0.251 e. The third kappa shape index (κ3) is 6.16. The minimum Gasteiger partial charge on any atom is -0.490 e. The summed E-state index contributed by atoms with van der Waals surface area (Å²) in [6.45, 7) is 5.46. The average Bonchev–Trinajstić information content (AvgIpc) is 3.32. The average molecular weight is 462 g/mol. The van der Waals surface area contributed by atoms with Crippen molar-refractivity contribution < 1.29 is 23.9 Å². The van der Waals surface area contributed by atoms with Gasteiger partial charge in [-0.3, -0.25) is 14.4 Å². The van der Waals surface area contributed by atoms with Crippen LogP contribution in [0.4, 0.5) is 5.13 Å². The van der Waals surface area contributed by atoms with Crippen molar-refractivity contribution in [3.63, 3.8) is 0 Å². The Bertz CT molecular complexity index is 929. The number of hydrogen-bond donors (Lipinski definition) is 2. The van der Waals surface area contributed by atoms with Crippen LogP contribution in [0.5, 0.6) is 11.5 Å². The Kier molecular flexibility index (Phi) is 8.37. The highest BCUT2D eigenvalue weighted by atomic mass is 32.1. The Balaban J connectivity index is 1.47. The molecule has 1 aromatic heterocycles. The fourth-order valence-corrected chi connectivity index (χ4v) is 3.84. The molecule has 0 bridgehead atoms. The standard InChI is InChI=1S/C21H27N5O5S/c1-3-30-16-6-5-15(11-17(16)31-4-2)19(28)22-12-18(27)26-9-7-14(8-10-26)20(29)24-21-25-23-13-32-21/h5-6,11,13-14H,3-4,7-10,12H2,1-2H3,(H,22,28)(H,24,25,29). The number of nitrogens with one attached hydrogen (secondary N) is 2. The highest BCUT2D eigenvalue weighted by Gasteiger charge is 2.28. The Hall–Kier alpha value is -3.21. The SMILES string of the molecule is CCOc1ccc(C(=O)NCC(=O)N2CCC(C(=O)Nc3nncs3)CC2)cc1OCC. The first kappa shape index (κ1) is 23.5. The summed E-state index contributed by atoms with van der Waals surface area (Å²) in [5.74, 6) is 0.217. The van der Waals surface area contributed by atoms with E-state index in [1.54, 1.807) is 28.6 Å². The van der Waals surface area contributed by atoms with Crippen molar-refractivity contribution in [3.05, 3.63) is 29.3 Å². The number of benzene rings is 1. The summed E-state index contributed by atoms with van der Waals surface area (Å²) in [5, 5.41) is 13.4. The number of piperidine rings is 1. The molecule has 0 atom stereocenters. The van der Waals surface area contributed by atoms with Crippen molar-refractivity contribution in [3.8, 4) is 11.5 Å². The lowest BCUT2D eigenvalue weighted by atomic mass is 9.96. The molecular formula is C21H27N5O5S. The fraction of sp³-hybridized carbons (Fsp3) is 0.476. The van der Waals surface area contributed by atoms with Crippen LogP contribution in [0.1, 0.15) is 37.0 Å². The van der Waals surface area contributed by atoms with Crippen LogP contribution < -0.4 is 20.1 Å². The third-order valence-corrected chi connectivity index (χ3v) is 5.62. The molecule has 1 aromatic carbocycles. The molecule has 2 N–H and O–H groups in total. The quantitative estimate of drug-likeness (QED) is 0.585. The molecule has 11 heteroatoms. The molecule has 0 spiro atoms. The molecule has 0 unspecified atom stereocenters. The van der Waals surface area contributed by atoms with Gasteiger partial charge in [0, 0.05) is 24.6 Å². The second-order valence-electron chi connectivity index (χ2n) is 7.10. The molecule has 1 aliphatic rings. The van der Waals surface area contributed by atoms with E-state index in [1.807, 2.05) is 13.8 Å². The van der Waals surface area contributed by atoms with Gasteiger partial charge in [0.15, 0.2) is 11.5 Å². The summed E-state index contributed by atoms with van der Waals surface area (Å²) < 4.78 is 11.0. The number of ether oxygens (including phenoxy) is 2. The van der Waals surface area contributed by atoms with Crippen molar-refractivity contribution in [2.24, 2.45) is 5.92 Å². The number of aromatic nitrogens is 2. The second-order valence-corrected chi connectivity index (χ2v) is 7.93. The van der Waals surface area contributed by atoms with Gasteiger partial charge < -0.3 is 25.0 Å². The van der Waals surface area contributed by atoms with E-state index < -0.39 is 0 Å². The van der Waals surface area contributed by atoms with Crippen molar-refractivity contribution in [1.29, 1.82) is 0 Å². The molecular weight excluding hydrogens is 434 g/mol. The minimum absolute atomic E-state index is 0.109. The summed E-state index contributed by atoms with van der Waals surface area (Å²) in [6.07, 6.45) is 1.11. The van der Waals surface area contributed by atoms with Gasteiger partial charge in [0.1, 0.15) is 5.51 Å². The van der Waals surface area contributed by atoms with Crippen LogP contribution in [0.3, 0.4) is 0 Å². The number of nitrogens with zero attached hydrogens (tertiary/aromatic N) is 3. The van der Waals surface area contributed by atoms with E-state index in [9.17, 15) is 14.4 Å². The van der Waals surface area contributed by atoms with Crippen molar-refractivity contribution in [1.82, 2.24) is 20.4 Å². The molecule has 2 heterocycles. The Morgan fingerprint density at radius 1 is 1.12 bits per heavy atom.